The third-order valence-corrected chi connectivity index (χ3v) is 4.49. The van der Waals surface area contributed by atoms with Crippen LogP contribution in [0.4, 0.5) is 8.78 Å². The van der Waals surface area contributed by atoms with Crippen molar-refractivity contribution in [2.24, 2.45) is 0 Å². The van der Waals surface area contributed by atoms with Crippen LogP contribution < -0.4 is 4.74 Å². The number of esters is 1. The topological polar surface area (TPSA) is 35.5 Å². The van der Waals surface area contributed by atoms with Gasteiger partial charge in [0.15, 0.2) is 0 Å². The number of ether oxygens (including phenoxy) is 2. The van der Waals surface area contributed by atoms with E-state index in [4.69, 9.17) is 4.74 Å². The number of hydrogen-bond acceptors (Lipinski definition) is 3. The second-order valence-corrected chi connectivity index (χ2v) is 6.47. The first-order chi connectivity index (χ1) is 13.1. The van der Waals surface area contributed by atoms with E-state index in [-0.39, 0.29) is 12.2 Å². The minimum absolute atomic E-state index is 0.00264. The SMILES string of the molecule is CCOC(=O)/C(F)=C(C)/C=C/C(F)=C(C)/C=C/c1c(C)cc(OC)c(C)c1C. The fraction of sp³-hybridized carbons (Fsp3) is 0.348. The Morgan fingerprint density at radius 3 is 2.25 bits per heavy atom. The summed E-state index contributed by atoms with van der Waals surface area (Å²) >= 11 is 0. The Labute approximate surface area is 166 Å². The Kier molecular flexibility index (Phi) is 8.83. The molecule has 0 radical (unpaired) electrons. The maximum atomic E-state index is 14.3. The van der Waals surface area contributed by atoms with Gasteiger partial charge in [-0.2, -0.15) is 4.39 Å². The van der Waals surface area contributed by atoms with Crippen molar-refractivity contribution in [2.75, 3.05) is 13.7 Å². The molecule has 0 saturated carbocycles. The minimum atomic E-state index is -1.05. The molecule has 5 heteroatoms. The molecule has 0 saturated heterocycles. The van der Waals surface area contributed by atoms with Crippen LogP contribution in [0.15, 0.2) is 47.1 Å². The Hall–Kier alpha value is -2.69. The Morgan fingerprint density at radius 1 is 1.04 bits per heavy atom. The molecule has 1 aromatic carbocycles. The maximum Gasteiger partial charge on any atom is 0.367 e. The maximum absolute atomic E-state index is 14.3. The lowest BCUT2D eigenvalue weighted by Gasteiger charge is -2.13. The number of benzene rings is 1. The first-order valence-electron chi connectivity index (χ1n) is 9.04. The third kappa shape index (κ3) is 5.91. The van der Waals surface area contributed by atoms with E-state index in [1.165, 1.54) is 13.0 Å². The van der Waals surface area contributed by atoms with Crippen molar-refractivity contribution >= 4 is 12.0 Å². The van der Waals surface area contributed by atoms with Gasteiger partial charge in [0, 0.05) is 0 Å². The number of aryl methyl sites for hydroxylation is 1. The molecular formula is C23H28F2O3. The van der Waals surface area contributed by atoms with E-state index in [1.54, 1.807) is 27.0 Å². The van der Waals surface area contributed by atoms with Gasteiger partial charge in [0.1, 0.15) is 11.6 Å². The lowest BCUT2D eigenvalue weighted by molar-refractivity contribution is -0.140. The molecule has 1 rings (SSSR count). The molecule has 0 aliphatic heterocycles. The van der Waals surface area contributed by atoms with Crippen LogP contribution in [-0.4, -0.2) is 19.7 Å². The number of methoxy groups -OCH3 is 1. The van der Waals surface area contributed by atoms with Crippen LogP contribution in [0.1, 0.15) is 43.0 Å². The fourth-order valence-electron chi connectivity index (χ4n) is 2.58. The monoisotopic (exact) mass is 390 g/mol. The van der Waals surface area contributed by atoms with E-state index in [1.807, 2.05) is 32.9 Å². The Morgan fingerprint density at radius 2 is 1.68 bits per heavy atom. The van der Waals surface area contributed by atoms with Gasteiger partial charge < -0.3 is 9.47 Å². The molecule has 0 bridgehead atoms. The summed E-state index contributed by atoms with van der Waals surface area (Å²) < 4.78 is 38.1. The zero-order chi connectivity index (χ0) is 21.4. The van der Waals surface area contributed by atoms with Crippen LogP contribution >= 0.6 is 0 Å². The molecule has 0 heterocycles. The molecular weight excluding hydrogens is 362 g/mol. The van der Waals surface area contributed by atoms with E-state index in [9.17, 15) is 13.6 Å². The Bertz CT molecular complexity index is 859. The van der Waals surface area contributed by atoms with E-state index < -0.39 is 17.6 Å². The highest BCUT2D eigenvalue weighted by Gasteiger charge is 2.12. The van der Waals surface area contributed by atoms with Crippen molar-refractivity contribution in [2.45, 2.75) is 41.5 Å². The normalized spacial score (nSPS) is 13.6. The van der Waals surface area contributed by atoms with Gasteiger partial charge in [0.2, 0.25) is 5.83 Å². The summed E-state index contributed by atoms with van der Waals surface area (Å²) in [7, 11) is 1.63. The highest BCUT2D eigenvalue weighted by Crippen LogP contribution is 2.28. The highest BCUT2D eigenvalue weighted by molar-refractivity contribution is 5.87. The van der Waals surface area contributed by atoms with Gasteiger partial charge in [-0.1, -0.05) is 18.2 Å². The summed E-state index contributed by atoms with van der Waals surface area (Å²) in [4.78, 5) is 11.3. The van der Waals surface area contributed by atoms with Gasteiger partial charge >= 0.3 is 5.97 Å². The lowest BCUT2D eigenvalue weighted by Crippen LogP contribution is -2.05. The number of rotatable bonds is 7. The second kappa shape index (κ2) is 10.6. The second-order valence-electron chi connectivity index (χ2n) is 6.47. The van der Waals surface area contributed by atoms with E-state index in [0.29, 0.717) is 5.57 Å². The summed E-state index contributed by atoms with van der Waals surface area (Å²) in [6.45, 7) is 10.6. The summed E-state index contributed by atoms with van der Waals surface area (Å²) in [5.74, 6) is -1.78. The molecule has 152 valence electrons. The standard InChI is InChI=1S/C23H28F2O3/c1-8-28-23(26)22(25)15(3)10-12-20(24)14(2)9-11-19-16(4)13-21(27-7)18(6)17(19)5/h9-13H,8H2,1-7H3/b11-9+,12-10+,20-14-,22-15-. The summed E-state index contributed by atoms with van der Waals surface area (Å²) in [5.41, 5.74) is 4.50. The van der Waals surface area contributed by atoms with Crippen LogP contribution in [0.2, 0.25) is 0 Å². The van der Waals surface area contributed by atoms with Gasteiger partial charge in [0.25, 0.3) is 0 Å². The number of allylic oxidation sites excluding steroid dienone is 6. The van der Waals surface area contributed by atoms with Crippen molar-refractivity contribution in [3.63, 3.8) is 0 Å². The number of hydrogen-bond donors (Lipinski definition) is 0. The first kappa shape index (κ1) is 23.3. The molecule has 0 spiro atoms. The number of carbonyl (C=O) groups excluding carboxylic acids is 1. The van der Waals surface area contributed by atoms with Crippen molar-refractivity contribution in [1.29, 1.82) is 0 Å². The molecule has 0 amide bonds. The molecule has 3 nitrogen and oxygen atoms in total. The van der Waals surface area contributed by atoms with Crippen molar-refractivity contribution < 1.29 is 23.0 Å². The average Bonchev–Trinajstić information content (AvgIpc) is 2.67. The lowest BCUT2D eigenvalue weighted by atomic mass is 9.96. The van der Waals surface area contributed by atoms with Crippen LogP contribution in [0.25, 0.3) is 6.08 Å². The molecule has 0 atom stereocenters. The van der Waals surface area contributed by atoms with Crippen molar-refractivity contribution in [3.8, 4) is 5.75 Å². The van der Waals surface area contributed by atoms with Crippen molar-refractivity contribution in [3.05, 3.63) is 69.3 Å². The summed E-state index contributed by atoms with van der Waals surface area (Å²) in [5, 5.41) is 0. The molecule has 0 unspecified atom stereocenters. The molecule has 0 aliphatic carbocycles. The van der Waals surface area contributed by atoms with Gasteiger partial charge in [0.05, 0.1) is 13.7 Å². The van der Waals surface area contributed by atoms with E-state index in [0.717, 1.165) is 34.1 Å². The number of carbonyl (C=O) groups is 1. The quantitative estimate of drug-likeness (QED) is 0.314. The predicted molar refractivity (Wildman–Crippen MR) is 110 cm³/mol. The van der Waals surface area contributed by atoms with Crippen molar-refractivity contribution in [1.82, 2.24) is 0 Å². The van der Waals surface area contributed by atoms with E-state index in [2.05, 4.69) is 4.74 Å². The summed E-state index contributed by atoms with van der Waals surface area (Å²) in [6, 6.07) is 1.95. The van der Waals surface area contributed by atoms with Crippen LogP contribution in [0, 0.1) is 20.8 Å². The zero-order valence-electron chi connectivity index (χ0n) is 17.6. The minimum Gasteiger partial charge on any atom is -0.496 e. The average molecular weight is 390 g/mol. The first-order valence-corrected chi connectivity index (χ1v) is 9.04. The smallest absolute Gasteiger partial charge is 0.367 e. The molecule has 0 fully saturated rings. The molecule has 0 aromatic heterocycles. The van der Waals surface area contributed by atoms with Gasteiger partial charge in [-0.15, -0.1) is 0 Å². The highest BCUT2D eigenvalue weighted by atomic mass is 19.1. The summed E-state index contributed by atoms with van der Waals surface area (Å²) in [6.07, 6.45) is 5.86. The molecule has 0 aliphatic rings. The molecule has 1 aromatic rings. The molecule has 0 N–H and O–H groups in total. The van der Waals surface area contributed by atoms with Crippen LogP contribution in [-0.2, 0) is 9.53 Å². The molecule has 28 heavy (non-hydrogen) atoms. The van der Waals surface area contributed by atoms with Crippen LogP contribution in [0.3, 0.4) is 0 Å². The predicted octanol–water partition coefficient (Wildman–Crippen LogP) is 6.24. The van der Waals surface area contributed by atoms with Gasteiger partial charge in [-0.05, 0) is 87.1 Å². The Balaban J connectivity index is 3.10. The van der Waals surface area contributed by atoms with Gasteiger partial charge in [-0.3, -0.25) is 0 Å². The van der Waals surface area contributed by atoms with Crippen LogP contribution in [0.5, 0.6) is 5.75 Å². The zero-order valence-corrected chi connectivity index (χ0v) is 17.6. The number of halogens is 2. The fourth-order valence-corrected chi connectivity index (χ4v) is 2.58. The van der Waals surface area contributed by atoms with Gasteiger partial charge in [-0.25, -0.2) is 9.18 Å². The largest absolute Gasteiger partial charge is 0.496 e. The van der Waals surface area contributed by atoms with E-state index >= 15 is 0 Å². The third-order valence-electron chi connectivity index (χ3n) is 4.49.